The fourth-order valence-corrected chi connectivity index (χ4v) is 1.84. The molecule has 5 nitrogen and oxygen atoms in total. The second-order valence-electron chi connectivity index (χ2n) is 3.18. The third-order valence-corrected chi connectivity index (χ3v) is 2.81. The summed E-state index contributed by atoms with van der Waals surface area (Å²) in [6.45, 7) is 2.73. The number of hydrogen-bond acceptors (Lipinski definition) is 5. The van der Waals surface area contributed by atoms with Crippen molar-refractivity contribution in [2.45, 2.75) is 19.9 Å². The fraction of sp³-hybridized carbons (Fsp3) is 0.444. The Labute approximate surface area is 92.4 Å². The summed E-state index contributed by atoms with van der Waals surface area (Å²) in [6, 6.07) is 0. The molecule has 2 aromatic rings. The van der Waals surface area contributed by atoms with E-state index in [4.69, 9.17) is 0 Å². The van der Waals surface area contributed by atoms with Gasteiger partial charge < -0.3 is 9.88 Å². The van der Waals surface area contributed by atoms with E-state index in [0.29, 0.717) is 6.54 Å². The zero-order chi connectivity index (χ0) is 10.7. The summed E-state index contributed by atoms with van der Waals surface area (Å²) in [5.41, 5.74) is 0. The van der Waals surface area contributed by atoms with Gasteiger partial charge in [0, 0.05) is 37.4 Å². The van der Waals surface area contributed by atoms with Crippen LogP contribution in [0.3, 0.4) is 0 Å². The van der Waals surface area contributed by atoms with E-state index in [1.165, 1.54) is 11.5 Å². The number of hydrogen-bond donors (Lipinski definition) is 1. The first kappa shape index (κ1) is 10.1. The number of anilines is 1. The van der Waals surface area contributed by atoms with Crippen molar-refractivity contribution >= 4 is 16.7 Å². The van der Waals surface area contributed by atoms with Crippen LogP contribution in [-0.2, 0) is 20.0 Å². The SMILES string of the molecule is CCc1nsc(NCc2nccn2C)n1. The summed E-state index contributed by atoms with van der Waals surface area (Å²) < 4.78 is 6.18. The molecule has 0 aliphatic carbocycles. The molecule has 2 aromatic heterocycles. The van der Waals surface area contributed by atoms with Gasteiger partial charge >= 0.3 is 0 Å². The summed E-state index contributed by atoms with van der Waals surface area (Å²) in [7, 11) is 1.97. The van der Waals surface area contributed by atoms with Gasteiger partial charge in [0.1, 0.15) is 11.6 Å². The fourth-order valence-electron chi connectivity index (χ4n) is 1.19. The third kappa shape index (κ3) is 2.33. The van der Waals surface area contributed by atoms with Crippen molar-refractivity contribution in [3.8, 4) is 0 Å². The molecule has 2 rings (SSSR count). The molecule has 0 bridgehead atoms. The maximum absolute atomic E-state index is 4.32. The monoisotopic (exact) mass is 223 g/mol. The molecule has 15 heavy (non-hydrogen) atoms. The van der Waals surface area contributed by atoms with Crippen LogP contribution in [0.15, 0.2) is 12.4 Å². The van der Waals surface area contributed by atoms with Crippen molar-refractivity contribution in [1.82, 2.24) is 18.9 Å². The number of nitrogens with zero attached hydrogens (tertiary/aromatic N) is 4. The van der Waals surface area contributed by atoms with E-state index in [-0.39, 0.29) is 0 Å². The van der Waals surface area contributed by atoms with Gasteiger partial charge in [-0.25, -0.2) is 9.97 Å². The summed E-state index contributed by atoms with van der Waals surface area (Å²) in [6.07, 6.45) is 4.59. The Hall–Kier alpha value is -1.43. The zero-order valence-corrected chi connectivity index (χ0v) is 9.58. The van der Waals surface area contributed by atoms with Crippen LogP contribution in [0.5, 0.6) is 0 Å². The highest BCUT2D eigenvalue weighted by molar-refractivity contribution is 7.09. The molecule has 0 aromatic carbocycles. The number of rotatable bonds is 4. The Bertz CT molecular complexity index is 433. The Balaban J connectivity index is 1.96. The van der Waals surface area contributed by atoms with Crippen LogP contribution in [0.2, 0.25) is 0 Å². The molecule has 2 heterocycles. The lowest BCUT2D eigenvalue weighted by molar-refractivity contribution is 0.811. The first-order valence-corrected chi connectivity index (χ1v) is 5.59. The molecule has 0 unspecified atom stereocenters. The van der Waals surface area contributed by atoms with Gasteiger partial charge in [-0.1, -0.05) is 6.92 Å². The Morgan fingerprint density at radius 2 is 2.40 bits per heavy atom. The minimum atomic E-state index is 0.682. The van der Waals surface area contributed by atoms with Crippen LogP contribution >= 0.6 is 11.5 Å². The van der Waals surface area contributed by atoms with Gasteiger partial charge in [-0.2, -0.15) is 4.37 Å². The van der Waals surface area contributed by atoms with Crippen LogP contribution in [0.25, 0.3) is 0 Å². The first-order chi connectivity index (χ1) is 7.29. The highest BCUT2D eigenvalue weighted by atomic mass is 32.1. The topological polar surface area (TPSA) is 55.6 Å². The second kappa shape index (κ2) is 4.39. The molecular formula is C9H13N5S. The molecule has 0 atom stereocenters. The second-order valence-corrected chi connectivity index (χ2v) is 3.93. The van der Waals surface area contributed by atoms with Gasteiger partial charge in [-0.3, -0.25) is 0 Å². The molecule has 0 amide bonds. The summed E-state index contributed by atoms with van der Waals surface area (Å²) in [5.74, 6) is 1.88. The minimum Gasteiger partial charge on any atom is -0.353 e. The van der Waals surface area contributed by atoms with Crippen LogP contribution in [0, 0.1) is 0 Å². The summed E-state index contributed by atoms with van der Waals surface area (Å²) in [4.78, 5) is 8.53. The van der Waals surface area contributed by atoms with Crippen molar-refractivity contribution in [2.75, 3.05) is 5.32 Å². The van der Waals surface area contributed by atoms with Crippen molar-refractivity contribution in [2.24, 2.45) is 7.05 Å². The van der Waals surface area contributed by atoms with Crippen molar-refractivity contribution in [3.05, 3.63) is 24.0 Å². The lowest BCUT2D eigenvalue weighted by Crippen LogP contribution is -2.05. The van der Waals surface area contributed by atoms with Crippen LogP contribution in [0.1, 0.15) is 18.6 Å². The highest BCUT2D eigenvalue weighted by Gasteiger charge is 2.03. The highest BCUT2D eigenvalue weighted by Crippen LogP contribution is 2.12. The predicted molar refractivity (Wildman–Crippen MR) is 59.8 cm³/mol. The van der Waals surface area contributed by atoms with E-state index >= 15 is 0 Å². The normalized spacial score (nSPS) is 10.5. The number of aryl methyl sites for hydroxylation is 2. The lowest BCUT2D eigenvalue weighted by atomic mass is 10.5. The maximum Gasteiger partial charge on any atom is 0.202 e. The van der Waals surface area contributed by atoms with E-state index in [9.17, 15) is 0 Å². The predicted octanol–water partition coefficient (Wildman–Crippen LogP) is 1.45. The largest absolute Gasteiger partial charge is 0.353 e. The molecule has 0 saturated carbocycles. The molecule has 0 aliphatic rings. The van der Waals surface area contributed by atoms with Crippen LogP contribution in [0.4, 0.5) is 5.13 Å². The zero-order valence-electron chi connectivity index (χ0n) is 8.77. The number of nitrogens with one attached hydrogen (secondary N) is 1. The lowest BCUT2D eigenvalue weighted by Gasteiger charge is -2.01. The van der Waals surface area contributed by atoms with Crippen molar-refractivity contribution < 1.29 is 0 Å². The summed E-state index contributed by atoms with van der Waals surface area (Å²) >= 11 is 1.39. The van der Waals surface area contributed by atoms with Crippen molar-refractivity contribution in [1.29, 1.82) is 0 Å². The smallest absolute Gasteiger partial charge is 0.202 e. The third-order valence-electron chi connectivity index (χ3n) is 2.10. The molecule has 6 heteroatoms. The minimum absolute atomic E-state index is 0.682. The molecule has 0 saturated heterocycles. The van der Waals surface area contributed by atoms with Gasteiger partial charge in [0.2, 0.25) is 5.13 Å². The molecular weight excluding hydrogens is 210 g/mol. The standard InChI is InChI=1S/C9H13N5S/c1-3-7-12-9(15-13-7)11-6-8-10-4-5-14(8)2/h4-5H,3,6H2,1-2H3,(H,11,12,13). The van der Waals surface area contributed by atoms with E-state index in [0.717, 1.165) is 23.2 Å². The first-order valence-electron chi connectivity index (χ1n) is 4.82. The van der Waals surface area contributed by atoms with Gasteiger partial charge in [-0.05, 0) is 0 Å². The Morgan fingerprint density at radius 3 is 3.00 bits per heavy atom. The van der Waals surface area contributed by atoms with Gasteiger partial charge in [-0.15, -0.1) is 0 Å². The van der Waals surface area contributed by atoms with Crippen molar-refractivity contribution in [3.63, 3.8) is 0 Å². The maximum atomic E-state index is 4.32. The van der Waals surface area contributed by atoms with Crippen LogP contribution < -0.4 is 5.32 Å². The van der Waals surface area contributed by atoms with E-state index < -0.39 is 0 Å². The molecule has 80 valence electrons. The quantitative estimate of drug-likeness (QED) is 0.852. The average Bonchev–Trinajstić information content (AvgIpc) is 2.84. The molecule has 0 spiro atoms. The van der Waals surface area contributed by atoms with Gasteiger partial charge in [0.05, 0.1) is 6.54 Å². The van der Waals surface area contributed by atoms with Crippen LogP contribution in [-0.4, -0.2) is 18.9 Å². The molecule has 1 N–H and O–H groups in total. The van der Waals surface area contributed by atoms with E-state index in [1.54, 1.807) is 6.20 Å². The van der Waals surface area contributed by atoms with Gasteiger partial charge in [0.15, 0.2) is 0 Å². The molecule has 0 radical (unpaired) electrons. The Kier molecular flexibility index (Phi) is 2.96. The molecule has 0 fully saturated rings. The van der Waals surface area contributed by atoms with Gasteiger partial charge in [0.25, 0.3) is 0 Å². The number of aromatic nitrogens is 4. The van der Waals surface area contributed by atoms with E-state index in [2.05, 4.69) is 19.7 Å². The molecule has 0 aliphatic heterocycles. The number of imidazole rings is 1. The average molecular weight is 223 g/mol. The summed E-state index contributed by atoms with van der Waals surface area (Å²) in [5, 5.41) is 4.06. The van der Waals surface area contributed by atoms with E-state index in [1.807, 2.05) is 24.7 Å². The Morgan fingerprint density at radius 1 is 1.53 bits per heavy atom.